The third-order valence-corrected chi connectivity index (χ3v) is 12.7. The molecule has 0 bridgehead atoms. The average Bonchev–Trinajstić information content (AvgIpc) is 3.54. The monoisotopic (exact) mass is 699 g/mol. The van der Waals surface area contributed by atoms with Crippen molar-refractivity contribution < 1.29 is 27.4 Å². The molecule has 1 saturated carbocycles. The first kappa shape index (κ1) is 35.2. The Kier molecular flexibility index (Phi) is 11.1. The Bertz CT molecular complexity index is 1610. The first-order valence-corrected chi connectivity index (χ1v) is 19.3. The quantitative estimate of drug-likeness (QED) is 0.281. The number of aryl methyl sites for hydroxylation is 1. The van der Waals surface area contributed by atoms with Gasteiger partial charge in [-0.1, -0.05) is 30.7 Å². The van der Waals surface area contributed by atoms with E-state index >= 15 is 0 Å². The molecule has 1 N–H and O–H groups in total. The van der Waals surface area contributed by atoms with Crippen LogP contribution >= 0.6 is 11.6 Å². The van der Waals surface area contributed by atoms with Gasteiger partial charge < -0.3 is 19.1 Å². The van der Waals surface area contributed by atoms with Crippen LogP contribution in [0, 0.1) is 17.8 Å². The van der Waals surface area contributed by atoms with Crippen LogP contribution < -0.4 is 14.4 Å². The fourth-order valence-corrected chi connectivity index (χ4v) is 9.32. The molecule has 11 heteroatoms. The molecule has 0 radical (unpaired) electrons. The maximum absolute atomic E-state index is 14.1. The number of hydrogen-bond donors (Lipinski definition) is 1. The number of rotatable bonds is 10. The number of halogens is 1. The third kappa shape index (κ3) is 7.73. The summed E-state index contributed by atoms with van der Waals surface area (Å²) in [6.07, 6.45) is 9.66. The van der Waals surface area contributed by atoms with Crippen molar-refractivity contribution in [3.8, 4) is 5.75 Å². The number of amides is 1. The van der Waals surface area contributed by atoms with E-state index in [1.165, 1.54) is 21.9 Å². The SMILES string of the molecule is CO[C@@H](C1=C[C@H]([C@H](C)N(C[C@H]2CCCO2)S(=O)(=O)NC(=O)c2ccc3c(c2)N(C)Cc2ccc(Cl)cc2CCCCO3)C1)[C@@H]1CC[C@H]1C. The highest BCUT2D eigenvalue weighted by atomic mass is 35.5. The van der Waals surface area contributed by atoms with Crippen molar-refractivity contribution in [3.05, 3.63) is 69.8 Å². The summed E-state index contributed by atoms with van der Waals surface area (Å²) in [5.74, 6) is 1.15. The molecule has 4 aliphatic rings. The molecule has 2 aromatic rings. The molecule has 0 aromatic heterocycles. The summed E-state index contributed by atoms with van der Waals surface area (Å²) < 4.78 is 49.9. The van der Waals surface area contributed by atoms with E-state index < -0.39 is 16.1 Å². The summed E-state index contributed by atoms with van der Waals surface area (Å²) >= 11 is 6.32. The summed E-state index contributed by atoms with van der Waals surface area (Å²) in [5.41, 5.74) is 4.56. The van der Waals surface area contributed by atoms with Crippen LogP contribution in [0.1, 0.15) is 80.3 Å². The fraction of sp³-hybridized carbons (Fsp3) is 0.595. The molecule has 2 aliphatic carbocycles. The molecule has 1 amide bonds. The van der Waals surface area contributed by atoms with Crippen LogP contribution in [0.2, 0.25) is 5.02 Å². The van der Waals surface area contributed by atoms with Gasteiger partial charge in [0.05, 0.1) is 24.5 Å². The van der Waals surface area contributed by atoms with Gasteiger partial charge in [0, 0.05) is 50.5 Å². The predicted octanol–water partition coefficient (Wildman–Crippen LogP) is 6.54. The normalized spacial score (nSPS) is 25.7. The van der Waals surface area contributed by atoms with Gasteiger partial charge in [-0.3, -0.25) is 4.79 Å². The van der Waals surface area contributed by atoms with Gasteiger partial charge in [-0.2, -0.15) is 12.7 Å². The van der Waals surface area contributed by atoms with Crippen LogP contribution in [0.25, 0.3) is 0 Å². The minimum absolute atomic E-state index is 0.0261. The lowest BCUT2D eigenvalue weighted by Crippen LogP contribution is -2.53. The van der Waals surface area contributed by atoms with E-state index in [9.17, 15) is 13.2 Å². The van der Waals surface area contributed by atoms with Crippen molar-refractivity contribution in [3.63, 3.8) is 0 Å². The molecular weight excluding hydrogens is 650 g/mol. The summed E-state index contributed by atoms with van der Waals surface area (Å²) in [6, 6.07) is 10.7. The summed E-state index contributed by atoms with van der Waals surface area (Å²) in [7, 11) is -0.496. The highest BCUT2D eigenvalue weighted by Gasteiger charge is 2.43. The van der Waals surface area contributed by atoms with Gasteiger partial charge in [-0.25, -0.2) is 4.72 Å². The van der Waals surface area contributed by atoms with E-state index in [0.29, 0.717) is 48.1 Å². The number of carbonyl (C=O) groups excluding carboxylic acids is 1. The van der Waals surface area contributed by atoms with Crippen LogP contribution in [-0.4, -0.2) is 70.8 Å². The first-order chi connectivity index (χ1) is 23.0. The molecule has 9 nitrogen and oxygen atoms in total. The third-order valence-electron chi connectivity index (χ3n) is 10.9. The van der Waals surface area contributed by atoms with Crippen molar-refractivity contribution in [1.82, 2.24) is 9.03 Å². The molecule has 2 aromatic carbocycles. The Labute approximate surface area is 291 Å². The summed E-state index contributed by atoms with van der Waals surface area (Å²) in [4.78, 5) is 15.7. The molecule has 48 heavy (non-hydrogen) atoms. The van der Waals surface area contributed by atoms with Gasteiger partial charge in [0.1, 0.15) is 5.75 Å². The second kappa shape index (κ2) is 15.1. The van der Waals surface area contributed by atoms with Gasteiger partial charge in [0.2, 0.25) is 0 Å². The summed E-state index contributed by atoms with van der Waals surface area (Å²) in [5, 5.41) is 0.710. The number of nitrogens with zero attached hydrogens (tertiary/aromatic N) is 2. The van der Waals surface area contributed by atoms with E-state index in [2.05, 4.69) is 17.7 Å². The Morgan fingerprint density at radius 2 is 1.92 bits per heavy atom. The maximum atomic E-state index is 14.1. The van der Waals surface area contributed by atoms with E-state index in [-0.39, 0.29) is 36.3 Å². The van der Waals surface area contributed by atoms with Crippen molar-refractivity contribution in [1.29, 1.82) is 0 Å². The van der Waals surface area contributed by atoms with Crippen molar-refractivity contribution in [2.75, 3.05) is 38.8 Å². The van der Waals surface area contributed by atoms with E-state index in [0.717, 1.165) is 50.5 Å². The number of benzene rings is 2. The molecule has 262 valence electrons. The molecule has 2 fully saturated rings. The molecule has 6 atom stereocenters. The molecule has 2 aliphatic heterocycles. The van der Waals surface area contributed by atoms with Crippen LogP contribution in [-0.2, 0) is 32.6 Å². The Hall–Kier alpha value is -2.63. The van der Waals surface area contributed by atoms with Crippen molar-refractivity contribution in [2.45, 2.75) is 90.0 Å². The zero-order valence-corrected chi connectivity index (χ0v) is 30.2. The lowest BCUT2D eigenvalue weighted by Gasteiger charge is -2.45. The standard InChI is InChI=1S/C37H50ClN3O6S/c1-24-10-14-33(24)36(45-4)30-18-29(19-30)25(2)41(23-32-9-7-17-46-32)48(43,44)39-37(42)27-12-15-35-34(21-27)40(3)22-28-11-13-31(38)20-26(28)8-5-6-16-47-35/h11-13,15,18,20-21,24-25,29,32-33,36H,5-10,14,16-17,19,22-23H2,1-4H3,(H,39,42)/t24-,25+,29+,32-,33-,36+/m1/s1. The van der Waals surface area contributed by atoms with Gasteiger partial charge >= 0.3 is 10.2 Å². The minimum Gasteiger partial charge on any atom is -0.491 e. The Morgan fingerprint density at radius 1 is 1.10 bits per heavy atom. The molecule has 6 rings (SSSR count). The lowest BCUT2D eigenvalue weighted by molar-refractivity contribution is 0.00298. The number of carbonyl (C=O) groups is 1. The maximum Gasteiger partial charge on any atom is 0.304 e. The van der Waals surface area contributed by atoms with Gasteiger partial charge in [0.25, 0.3) is 5.91 Å². The number of fused-ring (bicyclic) bond motifs is 2. The molecular formula is C37H50ClN3O6S. The zero-order valence-electron chi connectivity index (χ0n) is 28.6. The number of ether oxygens (including phenoxy) is 3. The average molecular weight is 700 g/mol. The molecule has 0 unspecified atom stereocenters. The van der Waals surface area contributed by atoms with E-state index in [4.69, 9.17) is 25.8 Å². The largest absolute Gasteiger partial charge is 0.491 e. The zero-order chi connectivity index (χ0) is 34.0. The Morgan fingerprint density at radius 3 is 2.60 bits per heavy atom. The lowest BCUT2D eigenvalue weighted by atomic mass is 9.66. The van der Waals surface area contributed by atoms with E-state index in [1.807, 2.05) is 37.1 Å². The second-order valence-electron chi connectivity index (χ2n) is 14.1. The number of nitrogens with one attached hydrogen (secondary N) is 1. The van der Waals surface area contributed by atoms with Crippen LogP contribution in [0.3, 0.4) is 0 Å². The minimum atomic E-state index is -4.21. The van der Waals surface area contributed by atoms with E-state index in [1.54, 1.807) is 25.3 Å². The van der Waals surface area contributed by atoms with Gasteiger partial charge in [-0.05, 0) is 123 Å². The number of methoxy groups -OCH3 is 1. The van der Waals surface area contributed by atoms with Crippen LogP contribution in [0.5, 0.6) is 5.75 Å². The van der Waals surface area contributed by atoms with Crippen LogP contribution in [0.4, 0.5) is 5.69 Å². The summed E-state index contributed by atoms with van der Waals surface area (Å²) in [6.45, 7) is 6.13. The van der Waals surface area contributed by atoms with Gasteiger partial charge in [0.15, 0.2) is 0 Å². The first-order valence-electron chi connectivity index (χ1n) is 17.5. The molecule has 2 heterocycles. The van der Waals surface area contributed by atoms with Crippen LogP contribution in [0.15, 0.2) is 48.0 Å². The van der Waals surface area contributed by atoms with Crippen molar-refractivity contribution >= 4 is 33.4 Å². The highest BCUT2D eigenvalue weighted by molar-refractivity contribution is 7.87. The number of anilines is 1. The fourth-order valence-electron chi connectivity index (χ4n) is 7.70. The highest BCUT2D eigenvalue weighted by Crippen LogP contribution is 2.45. The Balaban J connectivity index is 1.21. The smallest absolute Gasteiger partial charge is 0.304 e. The predicted molar refractivity (Wildman–Crippen MR) is 189 cm³/mol. The molecule has 1 saturated heterocycles. The molecule has 0 spiro atoms. The number of hydrogen-bond acceptors (Lipinski definition) is 7. The van der Waals surface area contributed by atoms with Gasteiger partial charge in [-0.15, -0.1) is 0 Å². The van der Waals surface area contributed by atoms with Crippen molar-refractivity contribution in [2.24, 2.45) is 17.8 Å². The second-order valence-corrected chi connectivity index (χ2v) is 16.2. The topological polar surface area (TPSA) is 97.4 Å².